The number of morpholine rings is 1. The zero-order valence-electron chi connectivity index (χ0n) is 15.8. The van der Waals surface area contributed by atoms with Crippen LogP contribution >= 0.6 is 0 Å². The molecule has 8 heteroatoms. The van der Waals surface area contributed by atoms with E-state index in [1.54, 1.807) is 0 Å². The molecule has 138 valence electrons. The van der Waals surface area contributed by atoms with Crippen molar-refractivity contribution in [1.29, 1.82) is 0 Å². The van der Waals surface area contributed by atoms with E-state index in [1.807, 2.05) is 29.3 Å². The van der Waals surface area contributed by atoms with Crippen molar-refractivity contribution in [1.82, 2.24) is 17.8 Å². The maximum atomic E-state index is 5.88. The fourth-order valence-electron chi connectivity index (χ4n) is 3.34. The second-order valence-electron chi connectivity index (χ2n) is 6.94. The zero-order chi connectivity index (χ0) is 19.0. The van der Waals surface area contributed by atoms with E-state index in [-0.39, 0.29) is 6.10 Å². The van der Waals surface area contributed by atoms with Crippen molar-refractivity contribution in [3.05, 3.63) is 30.0 Å². The normalized spacial score (nSPS) is 14.9. The van der Waals surface area contributed by atoms with Crippen LogP contribution in [0.3, 0.4) is 0 Å². The van der Waals surface area contributed by atoms with Crippen LogP contribution in [0, 0.1) is 6.92 Å². The molecule has 1 aromatic carbocycles. The van der Waals surface area contributed by atoms with Crippen LogP contribution < -0.4 is 9.64 Å². The van der Waals surface area contributed by atoms with Gasteiger partial charge in [-0.05, 0) is 0 Å². The van der Waals surface area contributed by atoms with Gasteiger partial charge in [0.2, 0.25) is 0 Å². The molecule has 27 heavy (non-hydrogen) atoms. The molecule has 1 fully saturated rings. The second-order valence-corrected chi connectivity index (χ2v) is 8.84. The van der Waals surface area contributed by atoms with Crippen molar-refractivity contribution >= 4 is 42.7 Å². The van der Waals surface area contributed by atoms with Crippen LogP contribution in [0.5, 0.6) is 5.75 Å². The third-order valence-electron chi connectivity index (χ3n) is 4.60. The van der Waals surface area contributed by atoms with E-state index >= 15 is 0 Å². The van der Waals surface area contributed by atoms with Crippen LogP contribution in [0.25, 0.3) is 22.3 Å². The van der Waals surface area contributed by atoms with Crippen molar-refractivity contribution in [2.45, 2.75) is 26.9 Å². The van der Waals surface area contributed by atoms with E-state index < -0.39 is 0 Å². The first-order valence-corrected chi connectivity index (χ1v) is 11.2. The summed E-state index contributed by atoms with van der Waals surface area (Å²) in [5.41, 5.74) is 4.82. The van der Waals surface area contributed by atoms with Gasteiger partial charge in [0.15, 0.2) is 0 Å². The van der Waals surface area contributed by atoms with E-state index in [0.29, 0.717) is 26.1 Å². The Kier molecular flexibility index (Phi) is 5.31. The molecule has 0 N–H and O–H groups in total. The quantitative estimate of drug-likeness (QED) is 0.460. The molecular formula is C19H22N5O2Tl. The third-order valence-corrected chi connectivity index (χ3v) is 6.13. The molecular weight excluding hydrogens is 535 g/mol. The van der Waals surface area contributed by atoms with E-state index in [2.05, 4.69) is 33.3 Å². The Labute approximate surface area is 174 Å². The summed E-state index contributed by atoms with van der Waals surface area (Å²) in [6.07, 6.45) is 0.130. The summed E-state index contributed by atoms with van der Waals surface area (Å²) in [7, 11) is 0. The van der Waals surface area contributed by atoms with Gasteiger partial charge in [-0.15, -0.1) is 0 Å². The molecule has 0 radical (unpaired) electrons. The summed E-state index contributed by atoms with van der Waals surface area (Å²) in [5, 5.41) is 14.7. The van der Waals surface area contributed by atoms with Crippen LogP contribution in [0.2, 0.25) is 0 Å². The van der Waals surface area contributed by atoms with Crippen molar-refractivity contribution in [2.24, 2.45) is 0 Å². The molecule has 0 bridgehead atoms. The Bertz CT molecular complexity index is 966. The first-order chi connectivity index (χ1) is 13.0. The van der Waals surface area contributed by atoms with Gasteiger partial charge in [-0.2, -0.15) is 0 Å². The topological polar surface area (TPSA) is 65.3 Å². The van der Waals surface area contributed by atoms with Gasteiger partial charge in [-0.25, -0.2) is 0 Å². The Hall–Kier alpha value is -1.75. The van der Waals surface area contributed by atoms with Gasteiger partial charge in [-0.3, -0.25) is 0 Å². The summed E-state index contributed by atoms with van der Waals surface area (Å²) in [5.74, 6) is 0.852. The van der Waals surface area contributed by atoms with Gasteiger partial charge < -0.3 is 0 Å². The van der Waals surface area contributed by atoms with Crippen LogP contribution in [0.15, 0.2) is 24.3 Å². The number of ether oxygens (including phenoxy) is 2. The molecule has 0 unspecified atom stereocenters. The SMILES string of the molecule is Cc1nnc(-c2n[n]([Tl])c3ccc(OC(C)C)cc23)cc1N1CCOCC1. The summed E-state index contributed by atoms with van der Waals surface area (Å²) in [6.45, 7) is 9.29. The molecule has 0 amide bonds. The van der Waals surface area contributed by atoms with Crippen molar-refractivity contribution < 1.29 is 9.47 Å². The predicted molar refractivity (Wildman–Crippen MR) is 105 cm³/mol. The molecule has 7 nitrogen and oxygen atoms in total. The van der Waals surface area contributed by atoms with Crippen LogP contribution in [-0.2, 0) is 4.74 Å². The Morgan fingerprint density at radius 2 is 1.93 bits per heavy atom. The number of aromatic nitrogens is 4. The van der Waals surface area contributed by atoms with E-state index in [4.69, 9.17) is 14.6 Å². The number of fused-ring (bicyclic) bond motifs is 1. The fourth-order valence-corrected chi connectivity index (χ4v) is 4.66. The molecule has 1 aliphatic rings. The molecule has 0 aliphatic carbocycles. The third kappa shape index (κ3) is 3.80. The van der Waals surface area contributed by atoms with Gasteiger partial charge >= 0.3 is 175 Å². The maximum absolute atomic E-state index is 5.88. The van der Waals surface area contributed by atoms with Gasteiger partial charge in [0.25, 0.3) is 0 Å². The molecule has 0 spiro atoms. The number of aryl methyl sites for hydroxylation is 1. The number of rotatable bonds is 4. The predicted octanol–water partition coefficient (Wildman–Crippen LogP) is 2.36. The minimum atomic E-state index is 0.130. The second kappa shape index (κ2) is 7.71. The molecule has 2 aromatic heterocycles. The molecule has 0 atom stereocenters. The number of benzene rings is 1. The van der Waals surface area contributed by atoms with Crippen LogP contribution in [-0.4, -0.2) is 76.3 Å². The average molecular weight is 557 g/mol. The van der Waals surface area contributed by atoms with Crippen molar-refractivity contribution in [2.75, 3.05) is 31.2 Å². The Morgan fingerprint density at radius 1 is 1.15 bits per heavy atom. The standard InChI is InChI=1S/C19H22N5O2.Tl/c1-12(2)26-14-4-5-16-15(10-14)19(23-21-16)17-11-18(13(3)20-22-17)24-6-8-25-9-7-24;/h4-5,10-12H,6-9H2,1-3H3;/q-1;+1. The number of anilines is 1. The summed E-state index contributed by atoms with van der Waals surface area (Å²) in [4.78, 5) is 2.31. The minimum absolute atomic E-state index is 0.130. The summed E-state index contributed by atoms with van der Waals surface area (Å²) < 4.78 is 13.4. The zero-order valence-corrected chi connectivity index (χ0v) is 20.3. The summed E-state index contributed by atoms with van der Waals surface area (Å²) >= 11 is 0.570. The summed E-state index contributed by atoms with van der Waals surface area (Å²) in [6, 6.07) is 8.25. The van der Waals surface area contributed by atoms with Crippen LogP contribution in [0.1, 0.15) is 19.5 Å². The molecule has 4 rings (SSSR count). The molecule has 3 heterocycles. The van der Waals surface area contributed by atoms with E-state index in [1.165, 1.54) is 0 Å². The van der Waals surface area contributed by atoms with Crippen molar-refractivity contribution in [3.63, 3.8) is 0 Å². The first-order valence-electron chi connectivity index (χ1n) is 9.15. The Morgan fingerprint density at radius 3 is 2.67 bits per heavy atom. The Balaban J connectivity index is 1.79. The molecule has 3 aromatic rings. The first kappa shape index (κ1) is 18.6. The number of hydrogen-bond donors (Lipinski definition) is 0. The monoisotopic (exact) mass is 557 g/mol. The van der Waals surface area contributed by atoms with Crippen LogP contribution in [0.4, 0.5) is 5.69 Å². The van der Waals surface area contributed by atoms with Gasteiger partial charge in [0.1, 0.15) is 0 Å². The van der Waals surface area contributed by atoms with Crippen molar-refractivity contribution in [3.8, 4) is 17.1 Å². The molecule has 0 saturated carbocycles. The average Bonchev–Trinajstić information content (AvgIpc) is 2.98. The number of hydrogen-bond acceptors (Lipinski definition) is 6. The van der Waals surface area contributed by atoms with E-state index in [0.717, 1.165) is 65.7 Å². The van der Waals surface area contributed by atoms with E-state index in [9.17, 15) is 0 Å². The fraction of sp³-hybridized carbons (Fsp3) is 0.421. The van der Waals surface area contributed by atoms with Gasteiger partial charge in [0.05, 0.1) is 0 Å². The molecule has 1 saturated heterocycles. The van der Waals surface area contributed by atoms with Gasteiger partial charge in [0, 0.05) is 0 Å². The molecule has 1 aliphatic heterocycles. The number of nitrogens with zero attached hydrogens (tertiary/aromatic N) is 5. The van der Waals surface area contributed by atoms with Gasteiger partial charge in [-0.1, -0.05) is 0 Å².